The Morgan fingerprint density at radius 3 is 1.95 bits per heavy atom. The molecule has 0 rings (SSSR count). The highest BCUT2D eigenvalue weighted by molar-refractivity contribution is 5.75. The standard InChI is InChI=1S/C10H15F6NO3/c1-3-17-6(7(18)19-4-2)5-20-8(9(11,12)13)10(14,15)16/h6,8,17H,3-5H2,1-2H3. The van der Waals surface area contributed by atoms with Crippen LogP contribution in [0.5, 0.6) is 0 Å². The van der Waals surface area contributed by atoms with Crippen LogP contribution in [-0.4, -0.2) is 50.2 Å². The Hall–Kier alpha value is -1.03. The number of nitrogens with one attached hydrogen (secondary N) is 1. The third kappa shape index (κ3) is 6.42. The van der Waals surface area contributed by atoms with E-state index in [2.05, 4.69) is 14.8 Å². The minimum absolute atomic E-state index is 0.0529. The first-order chi connectivity index (χ1) is 9.04. The lowest BCUT2D eigenvalue weighted by molar-refractivity contribution is -0.322. The normalized spacial score (nSPS) is 14.4. The van der Waals surface area contributed by atoms with E-state index in [1.807, 2.05) is 0 Å². The van der Waals surface area contributed by atoms with E-state index < -0.39 is 37.1 Å². The SMILES string of the molecule is CCNC(COC(C(F)(F)F)C(F)(F)F)C(=O)OCC. The van der Waals surface area contributed by atoms with Crippen molar-refractivity contribution in [2.75, 3.05) is 19.8 Å². The summed E-state index contributed by atoms with van der Waals surface area (Å²) in [6.45, 7) is 1.97. The Balaban J connectivity index is 4.76. The third-order valence-corrected chi connectivity index (χ3v) is 2.05. The van der Waals surface area contributed by atoms with Gasteiger partial charge in [0.25, 0.3) is 0 Å². The number of carbonyl (C=O) groups excluding carboxylic acids is 1. The molecule has 1 atom stereocenters. The smallest absolute Gasteiger partial charge is 0.423 e. The summed E-state index contributed by atoms with van der Waals surface area (Å²) in [6, 6.07) is -1.40. The number of carbonyl (C=O) groups is 1. The van der Waals surface area contributed by atoms with E-state index in [4.69, 9.17) is 0 Å². The summed E-state index contributed by atoms with van der Waals surface area (Å²) in [5.41, 5.74) is 0. The molecular formula is C10H15F6NO3. The second-order valence-electron chi connectivity index (χ2n) is 3.66. The van der Waals surface area contributed by atoms with Crippen molar-refractivity contribution in [3.05, 3.63) is 0 Å². The number of esters is 1. The zero-order chi connectivity index (χ0) is 16.0. The summed E-state index contributed by atoms with van der Waals surface area (Å²) in [7, 11) is 0. The molecule has 0 saturated carbocycles. The van der Waals surface area contributed by atoms with Gasteiger partial charge in [0.2, 0.25) is 6.10 Å². The van der Waals surface area contributed by atoms with Crippen molar-refractivity contribution in [1.82, 2.24) is 5.32 Å². The highest BCUT2D eigenvalue weighted by Gasteiger charge is 2.58. The average molecular weight is 311 g/mol. The van der Waals surface area contributed by atoms with Crippen LogP contribution in [0.4, 0.5) is 26.3 Å². The minimum Gasteiger partial charge on any atom is -0.465 e. The second kappa shape index (κ2) is 7.67. The van der Waals surface area contributed by atoms with Gasteiger partial charge in [-0.3, -0.25) is 4.79 Å². The maximum Gasteiger partial charge on any atom is 0.423 e. The number of rotatable bonds is 7. The summed E-state index contributed by atoms with van der Waals surface area (Å²) in [4.78, 5) is 11.3. The molecule has 0 aromatic carbocycles. The van der Waals surface area contributed by atoms with Crippen LogP contribution in [0.1, 0.15) is 13.8 Å². The van der Waals surface area contributed by atoms with Crippen LogP contribution >= 0.6 is 0 Å². The van der Waals surface area contributed by atoms with Crippen LogP contribution < -0.4 is 5.32 Å². The molecule has 0 aliphatic heterocycles. The lowest BCUT2D eigenvalue weighted by atomic mass is 10.3. The molecule has 0 fully saturated rings. The van der Waals surface area contributed by atoms with E-state index in [0.29, 0.717) is 0 Å². The molecule has 4 nitrogen and oxygen atoms in total. The fourth-order valence-electron chi connectivity index (χ4n) is 1.27. The van der Waals surface area contributed by atoms with Gasteiger partial charge in [0, 0.05) is 0 Å². The summed E-state index contributed by atoms with van der Waals surface area (Å²) >= 11 is 0. The molecule has 0 amide bonds. The van der Waals surface area contributed by atoms with Gasteiger partial charge in [-0.05, 0) is 13.5 Å². The van der Waals surface area contributed by atoms with Crippen molar-refractivity contribution in [1.29, 1.82) is 0 Å². The molecule has 0 heterocycles. The van der Waals surface area contributed by atoms with Crippen LogP contribution in [0.15, 0.2) is 0 Å². The molecule has 0 spiro atoms. The first-order valence-corrected chi connectivity index (χ1v) is 5.69. The Kier molecular flexibility index (Phi) is 7.28. The third-order valence-electron chi connectivity index (χ3n) is 2.05. The largest absolute Gasteiger partial charge is 0.465 e. The van der Waals surface area contributed by atoms with E-state index in [1.165, 1.54) is 13.8 Å². The van der Waals surface area contributed by atoms with Gasteiger partial charge in [-0.1, -0.05) is 6.92 Å². The lowest BCUT2D eigenvalue weighted by Gasteiger charge is -2.25. The van der Waals surface area contributed by atoms with Crippen LogP contribution in [0.25, 0.3) is 0 Å². The number of alkyl halides is 6. The average Bonchev–Trinajstić information content (AvgIpc) is 2.24. The topological polar surface area (TPSA) is 47.6 Å². The Labute approximate surface area is 111 Å². The van der Waals surface area contributed by atoms with Crippen LogP contribution in [0.2, 0.25) is 0 Å². The highest BCUT2D eigenvalue weighted by Crippen LogP contribution is 2.35. The van der Waals surface area contributed by atoms with E-state index >= 15 is 0 Å². The van der Waals surface area contributed by atoms with Gasteiger partial charge in [-0.15, -0.1) is 0 Å². The van der Waals surface area contributed by atoms with Crippen molar-refractivity contribution in [3.63, 3.8) is 0 Å². The number of halogens is 6. The summed E-state index contributed by atoms with van der Waals surface area (Å²) in [5.74, 6) is -0.975. The van der Waals surface area contributed by atoms with Gasteiger partial charge >= 0.3 is 18.3 Å². The first kappa shape index (κ1) is 19.0. The Bertz CT molecular complexity index is 290. The molecule has 0 saturated heterocycles. The van der Waals surface area contributed by atoms with Gasteiger partial charge in [0.1, 0.15) is 6.04 Å². The fourth-order valence-corrected chi connectivity index (χ4v) is 1.27. The zero-order valence-electron chi connectivity index (χ0n) is 10.8. The van der Waals surface area contributed by atoms with E-state index in [0.717, 1.165) is 0 Å². The maximum absolute atomic E-state index is 12.2. The predicted molar refractivity (Wildman–Crippen MR) is 55.9 cm³/mol. The molecule has 1 unspecified atom stereocenters. The highest BCUT2D eigenvalue weighted by atomic mass is 19.4. The summed E-state index contributed by atoms with van der Waals surface area (Å²) < 4.78 is 81.7. The molecule has 0 aromatic heterocycles. The maximum atomic E-state index is 12.2. The predicted octanol–water partition coefficient (Wildman–Crippen LogP) is 2.04. The minimum atomic E-state index is -5.61. The molecule has 0 aliphatic rings. The molecule has 20 heavy (non-hydrogen) atoms. The van der Waals surface area contributed by atoms with Gasteiger partial charge in [-0.25, -0.2) is 0 Å². The summed E-state index contributed by atoms with van der Waals surface area (Å²) in [5, 5.41) is 2.39. The molecule has 0 aliphatic carbocycles. The lowest BCUT2D eigenvalue weighted by Crippen LogP contribution is -2.49. The molecular weight excluding hydrogens is 296 g/mol. The van der Waals surface area contributed by atoms with Crippen molar-refractivity contribution in [2.45, 2.75) is 38.3 Å². The molecule has 0 bridgehead atoms. The Morgan fingerprint density at radius 2 is 1.60 bits per heavy atom. The monoisotopic (exact) mass is 311 g/mol. The van der Waals surface area contributed by atoms with Gasteiger partial charge in [0.15, 0.2) is 0 Å². The van der Waals surface area contributed by atoms with Crippen LogP contribution in [-0.2, 0) is 14.3 Å². The van der Waals surface area contributed by atoms with Gasteiger partial charge in [0.05, 0.1) is 13.2 Å². The van der Waals surface area contributed by atoms with E-state index in [9.17, 15) is 31.1 Å². The Morgan fingerprint density at radius 1 is 1.10 bits per heavy atom. The molecule has 120 valence electrons. The zero-order valence-corrected chi connectivity index (χ0v) is 10.8. The van der Waals surface area contributed by atoms with Crippen LogP contribution in [0, 0.1) is 0 Å². The molecule has 0 aromatic rings. The van der Waals surface area contributed by atoms with Crippen molar-refractivity contribution in [3.8, 4) is 0 Å². The van der Waals surface area contributed by atoms with Gasteiger partial charge in [-0.2, -0.15) is 26.3 Å². The van der Waals surface area contributed by atoms with Crippen molar-refractivity contribution in [2.24, 2.45) is 0 Å². The van der Waals surface area contributed by atoms with E-state index in [1.54, 1.807) is 0 Å². The quantitative estimate of drug-likeness (QED) is 0.577. The number of hydrogen-bond acceptors (Lipinski definition) is 4. The second-order valence-corrected chi connectivity index (χ2v) is 3.66. The first-order valence-electron chi connectivity index (χ1n) is 5.69. The van der Waals surface area contributed by atoms with Crippen molar-refractivity contribution < 1.29 is 40.6 Å². The number of hydrogen-bond donors (Lipinski definition) is 1. The molecule has 0 radical (unpaired) electrons. The number of ether oxygens (including phenoxy) is 2. The number of likely N-dealkylation sites (N-methyl/N-ethyl adjacent to an activating group) is 1. The molecule has 1 N–H and O–H groups in total. The van der Waals surface area contributed by atoms with Crippen molar-refractivity contribution >= 4 is 5.97 Å². The van der Waals surface area contributed by atoms with E-state index in [-0.39, 0.29) is 13.2 Å². The molecule has 10 heteroatoms. The fraction of sp³-hybridized carbons (Fsp3) is 0.900. The summed E-state index contributed by atoms with van der Waals surface area (Å²) in [6.07, 6.45) is -15.2. The van der Waals surface area contributed by atoms with Crippen LogP contribution in [0.3, 0.4) is 0 Å². The van der Waals surface area contributed by atoms with Gasteiger partial charge < -0.3 is 14.8 Å².